The molecule has 0 aliphatic carbocycles. The fraction of sp³-hybridized carbons (Fsp3) is 0. The number of rotatable bonds is 2. The standard InChI is InChI=1S/C12H11N3/c13-12-11(2-1-7-15-12)4-3-10-5-8-14-9-6-10/h1-9H,(H2,13,15)/b4-3+. The van der Waals surface area contributed by atoms with E-state index < -0.39 is 0 Å². The first-order valence-electron chi connectivity index (χ1n) is 4.65. The first kappa shape index (κ1) is 9.40. The summed E-state index contributed by atoms with van der Waals surface area (Å²) in [5, 5.41) is 0. The summed E-state index contributed by atoms with van der Waals surface area (Å²) in [6, 6.07) is 7.66. The predicted molar refractivity (Wildman–Crippen MR) is 61.8 cm³/mol. The molecule has 2 heterocycles. The van der Waals surface area contributed by atoms with Crippen LogP contribution in [0.2, 0.25) is 0 Å². The average molecular weight is 197 g/mol. The van der Waals surface area contributed by atoms with Gasteiger partial charge in [-0.1, -0.05) is 12.2 Å². The zero-order valence-electron chi connectivity index (χ0n) is 8.17. The molecule has 3 nitrogen and oxygen atoms in total. The molecule has 0 atom stereocenters. The maximum atomic E-state index is 5.71. The average Bonchev–Trinajstić information content (AvgIpc) is 2.29. The molecule has 74 valence electrons. The van der Waals surface area contributed by atoms with Crippen LogP contribution >= 0.6 is 0 Å². The van der Waals surface area contributed by atoms with Crippen molar-refractivity contribution in [1.29, 1.82) is 0 Å². The fourth-order valence-corrected chi connectivity index (χ4v) is 1.23. The molecule has 2 aromatic rings. The van der Waals surface area contributed by atoms with E-state index in [0.29, 0.717) is 5.82 Å². The summed E-state index contributed by atoms with van der Waals surface area (Å²) in [6.07, 6.45) is 9.12. The number of anilines is 1. The molecule has 0 aliphatic rings. The van der Waals surface area contributed by atoms with Gasteiger partial charge in [-0.2, -0.15) is 0 Å². The Labute approximate surface area is 88.3 Å². The van der Waals surface area contributed by atoms with Gasteiger partial charge in [-0.3, -0.25) is 4.98 Å². The molecule has 15 heavy (non-hydrogen) atoms. The second-order valence-corrected chi connectivity index (χ2v) is 3.09. The van der Waals surface area contributed by atoms with Crippen LogP contribution in [0.1, 0.15) is 11.1 Å². The van der Waals surface area contributed by atoms with E-state index in [1.54, 1.807) is 18.6 Å². The largest absolute Gasteiger partial charge is 0.383 e. The topological polar surface area (TPSA) is 51.8 Å². The maximum Gasteiger partial charge on any atom is 0.130 e. The number of nitrogens with zero attached hydrogens (tertiary/aromatic N) is 2. The van der Waals surface area contributed by atoms with Crippen LogP contribution in [0.15, 0.2) is 42.9 Å². The first-order chi connectivity index (χ1) is 7.36. The Morgan fingerprint density at radius 1 is 1.00 bits per heavy atom. The minimum Gasteiger partial charge on any atom is -0.383 e. The van der Waals surface area contributed by atoms with Crippen LogP contribution in [-0.4, -0.2) is 9.97 Å². The Hall–Kier alpha value is -2.16. The Morgan fingerprint density at radius 3 is 2.53 bits per heavy atom. The van der Waals surface area contributed by atoms with Crippen LogP contribution in [0.5, 0.6) is 0 Å². The number of nitrogen functional groups attached to an aromatic ring is 1. The predicted octanol–water partition coefficient (Wildman–Crippen LogP) is 2.23. The van der Waals surface area contributed by atoms with Gasteiger partial charge in [0.25, 0.3) is 0 Å². The lowest BCUT2D eigenvalue weighted by Gasteiger charge is -1.97. The van der Waals surface area contributed by atoms with Gasteiger partial charge in [0, 0.05) is 24.2 Å². The van der Waals surface area contributed by atoms with Crippen molar-refractivity contribution in [2.45, 2.75) is 0 Å². The van der Waals surface area contributed by atoms with Crippen LogP contribution in [0.4, 0.5) is 5.82 Å². The van der Waals surface area contributed by atoms with Crippen molar-refractivity contribution in [2.75, 3.05) is 5.73 Å². The minimum absolute atomic E-state index is 0.544. The molecule has 0 aliphatic heterocycles. The molecule has 0 amide bonds. The quantitative estimate of drug-likeness (QED) is 0.803. The van der Waals surface area contributed by atoms with E-state index in [0.717, 1.165) is 11.1 Å². The monoisotopic (exact) mass is 197 g/mol. The third-order valence-electron chi connectivity index (χ3n) is 2.03. The van der Waals surface area contributed by atoms with Crippen molar-refractivity contribution >= 4 is 18.0 Å². The summed E-state index contributed by atoms with van der Waals surface area (Å²) in [7, 11) is 0. The number of aromatic nitrogens is 2. The summed E-state index contributed by atoms with van der Waals surface area (Å²) in [5.41, 5.74) is 7.73. The lowest BCUT2D eigenvalue weighted by atomic mass is 10.2. The Bertz CT molecular complexity index is 463. The van der Waals surface area contributed by atoms with Gasteiger partial charge in [0.1, 0.15) is 5.82 Å². The number of pyridine rings is 2. The molecule has 0 radical (unpaired) electrons. The van der Waals surface area contributed by atoms with Crippen molar-refractivity contribution in [3.05, 3.63) is 54.0 Å². The van der Waals surface area contributed by atoms with Crippen molar-refractivity contribution in [3.8, 4) is 0 Å². The summed E-state index contributed by atoms with van der Waals surface area (Å²) in [4.78, 5) is 7.95. The molecular formula is C12H11N3. The van der Waals surface area contributed by atoms with Gasteiger partial charge in [0.15, 0.2) is 0 Å². The van der Waals surface area contributed by atoms with Crippen molar-refractivity contribution in [2.24, 2.45) is 0 Å². The van der Waals surface area contributed by atoms with E-state index in [1.807, 2.05) is 36.4 Å². The van der Waals surface area contributed by atoms with Crippen LogP contribution in [-0.2, 0) is 0 Å². The first-order valence-corrected chi connectivity index (χ1v) is 4.65. The molecule has 0 spiro atoms. The SMILES string of the molecule is Nc1ncccc1/C=C/c1ccncc1. The molecule has 0 saturated carbocycles. The van der Waals surface area contributed by atoms with Gasteiger partial charge < -0.3 is 5.73 Å². The molecule has 3 heteroatoms. The Morgan fingerprint density at radius 2 is 1.80 bits per heavy atom. The van der Waals surface area contributed by atoms with E-state index >= 15 is 0 Å². The molecule has 0 saturated heterocycles. The van der Waals surface area contributed by atoms with Gasteiger partial charge in [-0.15, -0.1) is 0 Å². The zero-order valence-corrected chi connectivity index (χ0v) is 8.17. The molecule has 2 N–H and O–H groups in total. The Kier molecular flexibility index (Phi) is 2.74. The van der Waals surface area contributed by atoms with Gasteiger partial charge in [0.2, 0.25) is 0 Å². The summed E-state index contributed by atoms with van der Waals surface area (Å²) in [6.45, 7) is 0. The fourth-order valence-electron chi connectivity index (χ4n) is 1.23. The van der Waals surface area contributed by atoms with E-state index in [-0.39, 0.29) is 0 Å². The van der Waals surface area contributed by atoms with E-state index in [1.165, 1.54) is 0 Å². The lowest BCUT2D eigenvalue weighted by molar-refractivity contribution is 1.32. The maximum absolute atomic E-state index is 5.71. The molecule has 2 rings (SSSR count). The summed E-state index contributed by atoms with van der Waals surface area (Å²) < 4.78 is 0. The highest BCUT2D eigenvalue weighted by Crippen LogP contribution is 2.11. The van der Waals surface area contributed by atoms with E-state index in [4.69, 9.17) is 5.73 Å². The highest BCUT2D eigenvalue weighted by molar-refractivity contribution is 5.73. The number of hydrogen-bond donors (Lipinski definition) is 1. The van der Waals surface area contributed by atoms with Crippen LogP contribution < -0.4 is 5.73 Å². The molecule has 2 aromatic heterocycles. The van der Waals surface area contributed by atoms with Crippen molar-refractivity contribution < 1.29 is 0 Å². The second-order valence-electron chi connectivity index (χ2n) is 3.09. The second kappa shape index (κ2) is 4.37. The normalized spacial score (nSPS) is 10.7. The highest BCUT2D eigenvalue weighted by atomic mass is 14.8. The van der Waals surface area contributed by atoms with Crippen LogP contribution in [0.3, 0.4) is 0 Å². The van der Waals surface area contributed by atoms with Gasteiger partial charge in [-0.05, 0) is 29.8 Å². The molecule has 0 aromatic carbocycles. The molecule has 0 bridgehead atoms. The van der Waals surface area contributed by atoms with Crippen LogP contribution in [0, 0.1) is 0 Å². The summed E-state index contributed by atoms with van der Waals surface area (Å²) >= 11 is 0. The number of hydrogen-bond acceptors (Lipinski definition) is 3. The molecular weight excluding hydrogens is 186 g/mol. The lowest BCUT2D eigenvalue weighted by Crippen LogP contribution is -1.91. The van der Waals surface area contributed by atoms with Gasteiger partial charge in [0.05, 0.1) is 0 Å². The number of nitrogens with two attached hydrogens (primary N) is 1. The summed E-state index contributed by atoms with van der Waals surface area (Å²) in [5.74, 6) is 0.544. The Balaban J connectivity index is 2.23. The van der Waals surface area contributed by atoms with Crippen LogP contribution in [0.25, 0.3) is 12.2 Å². The molecule has 0 unspecified atom stereocenters. The van der Waals surface area contributed by atoms with Crippen molar-refractivity contribution in [1.82, 2.24) is 9.97 Å². The zero-order chi connectivity index (χ0) is 10.5. The molecule has 0 fully saturated rings. The van der Waals surface area contributed by atoms with Crippen molar-refractivity contribution in [3.63, 3.8) is 0 Å². The van der Waals surface area contributed by atoms with Gasteiger partial charge >= 0.3 is 0 Å². The van der Waals surface area contributed by atoms with E-state index in [9.17, 15) is 0 Å². The van der Waals surface area contributed by atoms with E-state index in [2.05, 4.69) is 9.97 Å². The third-order valence-corrected chi connectivity index (χ3v) is 2.03. The minimum atomic E-state index is 0.544. The van der Waals surface area contributed by atoms with Gasteiger partial charge in [-0.25, -0.2) is 4.98 Å². The smallest absolute Gasteiger partial charge is 0.130 e. The third kappa shape index (κ3) is 2.40. The highest BCUT2D eigenvalue weighted by Gasteiger charge is 1.92.